The predicted octanol–water partition coefficient (Wildman–Crippen LogP) is 1.54. The molecule has 1 saturated heterocycles. The van der Waals surface area contributed by atoms with E-state index >= 15 is 0 Å². The second kappa shape index (κ2) is 8.69. The highest BCUT2D eigenvalue weighted by molar-refractivity contribution is 5.87. The molecule has 0 radical (unpaired) electrons. The number of carbonyl (C=O) groups is 3. The minimum absolute atomic E-state index is 0.0435. The van der Waals surface area contributed by atoms with Crippen molar-refractivity contribution in [3.63, 3.8) is 0 Å². The minimum atomic E-state index is -0.813. The zero-order chi connectivity index (χ0) is 19.3. The highest BCUT2D eigenvalue weighted by atomic mass is 16.5. The summed E-state index contributed by atoms with van der Waals surface area (Å²) in [5, 5.41) is 9.01. The molecule has 2 rings (SSSR count). The van der Waals surface area contributed by atoms with Gasteiger partial charge >= 0.3 is 5.97 Å². The molecule has 1 aliphatic rings. The number of benzene rings is 1. The Balaban J connectivity index is 1.83. The van der Waals surface area contributed by atoms with E-state index in [0.717, 1.165) is 5.56 Å². The molecule has 1 unspecified atom stereocenters. The van der Waals surface area contributed by atoms with Gasteiger partial charge in [-0.15, -0.1) is 0 Å². The van der Waals surface area contributed by atoms with Crippen LogP contribution in [0.15, 0.2) is 24.3 Å². The van der Waals surface area contributed by atoms with Crippen LogP contribution in [0.1, 0.15) is 25.3 Å². The van der Waals surface area contributed by atoms with Crippen molar-refractivity contribution in [1.82, 2.24) is 9.80 Å². The second-order valence-corrected chi connectivity index (χ2v) is 6.76. The van der Waals surface area contributed by atoms with E-state index in [-0.39, 0.29) is 24.3 Å². The number of aryl methyl sites for hydroxylation is 1. The molecule has 0 spiro atoms. The van der Waals surface area contributed by atoms with Gasteiger partial charge in [-0.2, -0.15) is 0 Å². The largest absolute Gasteiger partial charge is 0.481 e. The van der Waals surface area contributed by atoms with Crippen LogP contribution in [0.25, 0.3) is 0 Å². The molecule has 0 aliphatic carbocycles. The van der Waals surface area contributed by atoms with Crippen molar-refractivity contribution in [1.29, 1.82) is 0 Å². The number of likely N-dealkylation sites (N-methyl/N-ethyl adjacent to an activating group) is 1. The summed E-state index contributed by atoms with van der Waals surface area (Å²) in [5.74, 6) is -1.05. The molecule has 0 saturated carbocycles. The van der Waals surface area contributed by atoms with Gasteiger partial charge in [0.2, 0.25) is 5.91 Å². The first kappa shape index (κ1) is 19.8. The van der Waals surface area contributed by atoms with Crippen LogP contribution in [0.5, 0.6) is 5.75 Å². The number of amides is 2. The van der Waals surface area contributed by atoms with Gasteiger partial charge < -0.3 is 19.6 Å². The van der Waals surface area contributed by atoms with Crippen molar-refractivity contribution in [2.24, 2.45) is 5.92 Å². The van der Waals surface area contributed by atoms with E-state index in [1.165, 1.54) is 4.90 Å². The van der Waals surface area contributed by atoms with Crippen LogP contribution in [0, 0.1) is 12.8 Å². The van der Waals surface area contributed by atoms with E-state index in [1.54, 1.807) is 31.0 Å². The fourth-order valence-electron chi connectivity index (χ4n) is 2.94. The first-order valence-corrected chi connectivity index (χ1v) is 8.77. The lowest BCUT2D eigenvalue weighted by Gasteiger charge is -2.31. The molecule has 0 aromatic heterocycles. The summed E-state index contributed by atoms with van der Waals surface area (Å²) >= 11 is 0. The van der Waals surface area contributed by atoms with Crippen molar-refractivity contribution in [2.45, 2.75) is 32.8 Å². The zero-order valence-corrected chi connectivity index (χ0v) is 15.5. The Bertz CT molecular complexity index is 650. The first-order chi connectivity index (χ1) is 12.3. The molecule has 142 valence electrons. The Morgan fingerprint density at radius 1 is 1.23 bits per heavy atom. The maximum atomic E-state index is 12.4. The van der Waals surface area contributed by atoms with Gasteiger partial charge in [-0.25, -0.2) is 0 Å². The molecular weight excluding hydrogens is 336 g/mol. The van der Waals surface area contributed by atoms with Gasteiger partial charge in [-0.1, -0.05) is 17.7 Å². The molecule has 26 heavy (non-hydrogen) atoms. The van der Waals surface area contributed by atoms with Crippen LogP contribution in [0.3, 0.4) is 0 Å². The number of aliphatic carboxylic acids is 1. The average molecular weight is 362 g/mol. The second-order valence-electron chi connectivity index (χ2n) is 6.76. The minimum Gasteiger partial charge on any atom is -0.481 e. The van der Waals surface area contributed by atoms with E-state index in [1.807, 2.05) is 19.1 Å². The van der Waals surface area contributed by atoms with Crippen molar-refractivity contribution in [3.8, 4) is 5.75 Å². The highest BCUT2D eigenvalue weighted by Gasteiger charge is 2.28. The van der Waals surface area contributed by atoms with Gasteiger partial charge in [0.25, 0.3) is 5.91 Å². The molecule has 1 aromatic carbocycles. The lowest BCUT2D eigenvalue weighted by atomic mass is 9.97. The Morgan fingerprint density at radius 3 is 2.35 bits per heavy atom. The van der Waals surface area contributed by atoms with Gasteiger partial charge in [0, 0.05) is 20.1 Å². The smallest absolute Gasteiger partial charge is 0.306 e. The van der Waals surface area contributed by atoms with Crippen LogP contribution in [-0.2, 0) is 14.4 Å². The van der Waals surface area contributed by atoms with E-state index < -0.39 is 12.1 Å². The summed E-state index contributed by atoms with van der Waals surface area (Å²) in [7, 11) is 1.57. The average Bonchev–Trinajstić information content (AvgIpc) is 2.62. The molecule has 1 atom stereocenters. The van der Waals surface area contributed by atoms with Crippen molar-refractivity contribution >= 4 is 17.8 Å². The van der Waals surface area contributed by atoms with Gasteiger partial charge in [0.15, 0.2) is 6.10 Å². The monoisotopic (exact) mass is 362 g/mol. The number of nitrogens with zero attached hydrogens (tertiary/aromatic N) is 2. The molecule has 7 nitrogen and oxygen atoms in total. The normalized spacial score (nSPS) is 16.0. The summed E-state index contributed by atoms with van der Waals surface area (Å²) in [6.07, 6.45) is 0.199. The van der Waals surface area contributed by atoms with Gasteiger partial charge in [-0.05, 0) is 38.8 Å². The number of rotatable bonds is 6. The number of hydrogen-bond acceptors (Lipinski definition) is 4. The van der Waals surface area contributed by atoms with Gasteiger partial charge in [0.05, 0.1) is 12.5 Å². The Hall–Kier alpha value is -2.57. The fourth-order valence-corrected chi connectivity index (χ4v) is 2.94. The zero-order valence-electron chi connectivity index (χ0n) is 15.5. The molecule has 0 bridgehead atoms. The standard InChI is InChI=1S/C19H26N2O5/c1-13-4-6-16(7-5-13)26-14(2)18(23)20(3)12-17(22)21-10-8-15(9-11-21)19(24)25/h4-7,14-15H,8-12H2,1-3H3,(H,24,25). The predicted molar refractivity (Wildman–Crippen MR) is 95.8 cm³/mol. The van der Waals surface area contributed by atoms with Crippen molar-refractivity contribution < 1.29 is 24.2 Å². The van der Waals surface area contributed by atoms with Crippen LogP contribution < -0.4 is 4.74 Å². The third kappa shape index (κ3) is 5.21. The van der Waals surface area contributed by atoms with Crippen molar-refractivity contribution in [3.05, 3.63) is 29.8 Å². The van der Waals surface area contributed by atoms with Crippen LogP contribution in [0.4, 0.5) is 0 Å². The molecule has 1 N–H and O–H groups in total. The molecule has 1 aliphatic heterocycles. The summed E-state index contributed by atoms with van der Waals surface area (Å²) in [4.78, 5) is 38.7. The molecule has 2 amide bonds. The highest BCUT2D eigenvalue weighted by Crippen LogP contribution is 2.18. The van der Waals surface area contributed by atoms with Crippen molar-refractivity contribution in [2.75, 3.05) is 26.7 Å². The quantitative estimate of drug-likeness (QED) is 0.829. The fraction of sp³-hybridized carbons (Fsp3) is 0.526. The number of likely N-dealkylation sites (tertiary alicyclic amines) is 1. The Labute approximate surface area is 153 Å². The Morgan fingerprint density at radius 2 is 1.81 bits per heavy atom. The summed E-state index contributed by atoms with van der Waals surface area (Å²) in [5.41, 5.74) is 1.10. The maximum Gasteiger partial charge on any atom is 0.306 e. The number of carboxylic acids is 1. The summed E-state index contributed by atoms with van der Waals surface area (Å²) < 4.78 is 5.64. The van der Waals surface area contributed by atoms with Gasteiger partial charge in [0.1, 0.15) is 5.75 Å². The van der Waals surface area contributed by atoms with E-state index in [4.69, 9.17) is 9.84 Å². The number of piperidine rings is 1. The first-order valence-electron chi connectivity index (χ1n) is 8.77. The lowest BCUT2D eigenvalue weighted by molar-refractivity contribution is -0.147. The molecular formula is C19H26N2O5. The Kier molecular flexibility index (Phi) is 6.60. The topological polar surface area (TPSA) is 87.2 Å². The summed E-state index contributed by atoms with van der Waals surface area (Å²) in [6.45, 7) is 4.40. The van der Waals surface area contributed by atoms with Crippen LogP contribution in [-0.4, -0.2) is 65.5 Å². The number of carboxylic acid groups (broad SMARTS) is 1. The number of hydrogen-bond donors (Lipinski definition) is 1. The van der Waals surface area contributed by atoms with E-state index in [9.17, 15) is 14.4 Å². The summed E-state index contributed by atoms with van der Waals surface area (Å²) in [6, 6.07) is 7.41. The lowest BCUT2D eigenvalue weighted by Crippen LogP contribution is -2.47. The third-order valence-corrected chi connectivity index (χ3v) is 4.63. The molecule has 1 heterocycles. The van der Waals surface area contributed by atoms with Crippen LogP contribution >= 0.6 is 0 Å². The van der Waals surface area contributed by atoms with E-state index in [2.05, 4.69) is 0 Å². The van der Waals surface area contributed by atoms with E-state index in [0.29, 0.717) is 31.7 Å². The number of carbonyl (C=O) groups excluding carboxylic acids is 2. The molecule has 7 heteroatoms. The number of ether oxygens (including phenoxy) is 1. The molecule has 1 fully saturated rings. The third-order valence-electron chi connectivity index (χ3n) is 4.63. The SMILES string of the molecule is Cc1ccc(OC(C)C(=O)N(C)CC(=O)N2CCC(C(=O)O)CC2)cc1. The maximum absolute atomic E-state index is 12.4. The van der Waals surface area contributed by atoms with Crippen LogP contribution in [0.2, 0.25) is 0 Å². The van der Waals surface area contributed by atoms with Gasteiger partial charge in [-0.3, -0.25) is 14.4 Å². The molecule has 1 aromatic rings.